The first-order valence-corrected chi connectivity index (χ1v) is 7.71. The Morgan fingerprint density at radius 1 is 1.20 bits per heavy atom. The summed E-state index contributed by atoms with van der Waals surface area (Å²) in [7, 11) is 3.31. The fourth-order valence-electron chi connectivity index (χ4n) is 2.01. The van der Waals surface area contributed by atoms with Gasteiger partial charge < -0.3 is 9.47 Å². The van der Waals surface area contributed by atoms with Gasteiger partial charge in [0.1, 0.15) is 0 Å². The van der Waals surface area contributed by atoms with Crippen LogP contribution in [0.25, 0.3) is 0 Å². The number of thiazole rings is 1. The first kappa shape index (κ1) is 14.9. The smallest absolute Gasteiger partial charge is 0.160 e. The van der Waals surface area contributed by atoms with E-state index in [0.717, 1.165) is 29.3 Å². The van der Waals surface area contributed by atoms with Gasteiger partial charge >= 0.3 is 0 Å². The quantitative estimate of drug-likeness (QED) is 0.796. The molecule has 108 valence electrons. The van der Waals surface area contributed by atoms with E-state index >= 15 is 0 Å². The Hall–Kier alpha value is -1.55. The molecule has 4 heteroatoms. The van der Waals surface area contributed by atoms with Gasteiger partial charge in [-0.15, -0.1) is 11.3 Å². The van der Waals surface area contributed by atoms with Crippen LogP contribution in [-0.2, 0) is 6.42 Å². The van der Waals surface area contributed by atoms with Gasteiger partial charge in [0.25, 0.3) is 0 Å². The van der Waals surface area contributed by atoms with Crippen molar-refractivity contribution >= 4 is 11.3 Å². The molecule has 2 aromatic rings. The van der Waals surface area contributed by atoms with Crippen LogP contribution < -0.4 is 9.47 Å². The van der Waals surface area contributed by atoms with Crippen molar-refractivity contribution in [3.8, 4) is 11.5 Å². The van der Waals surface area contributed by atoms with E-state index in [1.807, 2.05) is 12.1 Å². The summed E-state index contributed by atoms with van der Waals surface area (Å²) in [6, 6.07) is 6.02. The minimum Gasteiger partial charge on any atom is -0.493 e. The zero-order chi connectivity index (χ0) is 14.5. The molecule has 0 aliphatic rings. The van der Waals surface area contributed by atoms with Gasteiger partial charge in [-0.1, -0.05) is 19.9 Å². The minimum absolute atomic E-state index is 0.533. The van der Waals surface area contributed by atoms with Crippen LogP contribution in [0.4, 0.5) is 0 Å². The molecule has 2 rings (SSSR count). The standard InChI is InChI=1S/C16H21NO2S/c1-5-11(2)13-10-20-16(17-13)9-12-6-7-14(18-3)15(8-12)19-4/h6-8,10-11H,5,9H2,1-4H3. The first-order chi connectivity index (χ1) is 9.67. The van der Waals surface area contributed by atoms with Crippen molar-refractivity contribution in [1.29, 1.82) is 0 Å². The number of rotatable bonds is 6. The van der Waals surface area contributed by atoms with Crippen molar-refractivity contribution in [2.24, 2.45) is 0 Å². The molecular weight excluding hydrogens is 270 g/mol. The summed E-state index contributed by atoms with van der Waals surface area (Å²) in [5.74, 6) is 2.06. The minimum atomic E-state index is 0.533. The summed E-state index contributed by atoms with van der Waals surface area (Å²) < 4.78 is 10.6. The number of methoxy groups -OCH3 is 2. The number of ether oxygens (including phenoxy) is 2. The molecule has 0 spiro atoms. The Morgan fingerprint density at radius 3 is 2.60 bits per heavy atom. The Kier molecular flexibility index (Phi) is 5.01. The molecule has 1 aromatic heterocycles. The lowest BCUT2D eigenvalue weighted by Gasteiger charge is -2.08. The molecule has 0 fully saturated rings. The zero-order valence-electron chi connectivity index (χ0n) is 12.5. The van der Waals surface area contributed by atoms with Crippen molar-refractivity contribution < 1.29 is 9.47 Å². The highest BCUT2D eigenvalue weighted by Gasteiger charge is 2.10. The summed E-state index contributed by atoms with van der Waals surface area (Å²) in [5, 5.41) is 3.32. The summed E-state index contributed by atoms with van der Waals surface area (Å²) in [6.45, 7) is 4.41. The fourth-order valence-corrected chi connectivity index (χ4v) is 2.96. The summed E-state index contributed by atoms with van der Waals surface area (Å²) in [6.07, 6.45) is 1.96. The fraction of sp³-hybridized carbons (Fsp3) is 0.438. The SMILES string of the molecule is CCC(C)c1csc(Cc2ccc(OC)c(OC)c2)n1. The maximum absolute atomic E-state index is 5.33. The lowest BCUT2D eigenvalue weighted by Crippen LogP contribution is -1.95. The lowest BCUT2D eigenvalue weighted by molar-refractivity contribution is 0.354. The highest BCUT2D eigenvalue weighted by Crippen LogP contribution is 2.29. The lowest BCUT2D eigenvalue weighted by atomic mass is 10.1. The number of benzene rings is 1. The van der Waals surface area contributed by atoms with E-state index in [2.05, 4.69) is 25.3 Å². The van der Waals surface area contributed by atoms with Gasteiger partial charge in [0.05, 0.1) is 24.9 Å². The van der Waals surface area contributed by atoms with Gasteiger partial charge in [-0.25, -0.2) is 4.98 Å². The second kappa shape index (κ2) is 6.75. The van der Waals surface area contributed by atoms with Crippen LogP contribution in [0.5, 0.6) is 11.5 Å². The normalized spacial score (nSPS) is 12.2. The molecule has 0 aliphatic heterocycles. The average molecular weight is 291 g/mol. The van der Waals surface area contributed by atoms with E-state index in [1.54, 1.807) is 25.6 Å². The molecule has 0 saturated heterocycles. The Morgan fingerprint density at radius 2 is 1.95 bits per heavy atom. The van der Waals surface area contributed by atoms with Gasteiger partial charge in [-0.2, -0.15) is 0 Å². The third-order valence-corrected chi connectivity index (χ3v) is 4.36. The highest BCUT2D eigenvalue weighted by atomic mass is 32.1. The van der Waals surface area contributed by atoms with Crippen molar-refractivity contribution in [2.75, 3.05) is 14.2 Å². The largest absolute Gasteiger partial charge is 0.493 e. The average Bonchev–Trinajstić information content (AvgIpc) is 2.94. The molecule has 1 aromatic carbocycles. The zero-order valence-corrected chi connectivity index (χ0v) is 13.3. The van der Waals surface area contributed by atoms with E-state index in [1.165, 1.54) is 11.3 Å². The molecule has 1 atom stereocenters. The van der Waals surface area contributed by atoms with E-state index in [9.17, 15) is 0 Å². The second-order valence-electron chi connectivity index (χ2n) is 4.84. The van der Waals surface area contributed by atoms with Crippen LogP contribution in [0.2, 0.25) is 0 Å². The maximum atomic E-state index is 5.33. The predicted octanol–water partition coefficient (Wildman–Crippen LogP) is 4.26. The molecule has 1 heterocycles. The molecule has 0 saturated carbocycles. The van der Waals surface area contributed by atoms with Crippen LogP contribution in [0.15, 0.2) is 23.6 Å². The molecule has 0 amide bonds. The van der Waals surface area contributed by atoms with E-state index < -0.39 is 0 Å². The van der Waals surface area contributed by atoms with E-state index in [-0.39, 0.29) is 0 Å². The van der Waals surface area contributed by atoms with Gasteiger partial charge in [0, 0.05) is 11.8 Å². The van der Waals surface area contributed by atoms with Crippen LogP contribution in [0, 0.1) is 0 Å². The maximum Gasteiger partial charge on any atom is 0.160 e. The van der Waals surface area contributed by atoms with Gasteiger partial charge in [-0.3, -0.25) is 0 Å². The third-order valence-electron chi connectivity index (χ3n) is 3.49. The second-order valence-corrected chi connectivity index (χ2v) is 5.78. The summed E-state index contributed by atoms with van der Waals surface area (Å²) in [4.78, 5) is 4.72. The molecule has 0 bridgehead atoms. The van der Waals surface area contributed by atoms with Crippen LogP contribution in [-0.4, -0.2) is 19.2 Å². The van der Waals surface area contributed by atoms with Crippen molar-refractivity contribution in [1.82, 2.24) is 4.98 Å². The van der Waals surface area contributed by atoms with Crippen molar-refractivity contribution in [3.63, 3.8) is 0 Å². The number of hydrogen-bond donors (Lipinski definition) is 0. The van der Waals surface area contributed by atoms with E-state index in [4.69, 9.17) is 14.5 Å². The molecule has 1 unspecified atom stereocenters. The topological polar surface area (TPSA) is 31.4 Å². The third kappa shape index (κ3) is 3.31. The molecule has 0 N–H and O–H groups in total. The molecule has 3 nitrogen and oxygen atoms in total. The van der Waals surface area contributed by atoms with Crippen LogP contribution >= 0.6 is 11.3 Å². The Bertz CT molecular complexity index is 565. The molecule has 0 aliphatic carbocycles. The first-order valence-electron chi connectivity index (χ1n) is 6.83. The monoisotopic (exact) mass is 291 g/mol. The van der Waals surface area contributed by atoms with Crippen LogP contribution in [0.1, 0.15) is 42.5 Å². The molecule has 0 radical (unpaired) electrons. The Labute approximate surface area is 124 Å². The number of nitrogens with zero attached hydrogens (tertiary/aromatic N) is 1. The van der Waals surface area contributed by atoms with Crippen LogP contribution in [0.3, 0.4) is 0 Å². The van der Waals surface area contributed by atoms with E-state index in [0.29, 0.717) is 5.92 Å². The van der Waals surface area contributed by atoms with Gasteiger partial charge in [0.15, 0.2) is 11.5 Å². The Balaban J connectivity index is 2.15. The number of aromatic nitrogens is 1. The summed E-state index contributed by atoms with van der Waals surface area (Å²) >= 11 is 1.73. The number of hydrogen-bond acceptors (Lipinski definition) is 4. The predicted molar refractivity (Wildman–Crippen MR) is 83.2 cm³/mol. The highest BCUT2D eigenvalue weighted by molar-refractivity contribution is 7.09. The van der Waals surface area contributed by atoms with Crippen molar-refractivity contribution in [2.45, 2.75) is 32.6 Å². The summed E-state index contributed by atoms with van der Waals surface area (Å²) in [5.41, 5.74) is 2.39. The van der Waals surface area contributed by atoms with Crippen molar-refractivity contribution in [3.05, 3.63) is 39.8 Å². The van der Waals surface area contributed by atoms with Gasteiger partial charge in [0.2, 0.25) is 0 Å². The van der Waals surface area contributed by atoms with Gasteiger partial charge in [-0.05, 0) is 30.0 Å². The molecule has 20 heavy (non-hydrogen) atoms. The molecular formula is C16H21NO2S.